The van der Waals surface area contributed by atoms with Gasteiger partial charge in [0.1, 0.15) is 41.0 Å². The Bertz CT molecular complexity index is 2240. The minimum absolute atomic E-state index is 0. The van der Waals surface area contributed by atoms with Crippen molar-refractivity contribution in [3.63, 3.8) is 0 Å². The molecule has 0 unspecified atom stereocenters. The van der Waals surface area contributed by atoms with Crippen molar-refractivity contribution in [3.8, 4) is 12.1 Å². The Morgan fingerprint density at radius 2 is 1.22 bits per heavy atom. The maximum absolute atomic E-state index is 14.3. The zero-order valence-corrected chi connectivity index (χ0v) is 38.5. The number of nitriles is 2. The number of nitrogens with one attached hydrogen (secondary N) is 3. The molecule has 2 fully saturated rings. The van der Waals surface area contributed by atoms with Gasteiger partial charge < -0.3 is 36.2 Å². The van der Waals surface area contributed by atoms with E-state index in [0.717, 1.165) is 25.7 Å². The number of hydrogen-bond donors (Lipinski definition) is 4. The third-order valence-corrected chi connectivity index (χ3v) is 10.7. The van der Waals surface area contributed by atoms with Gasteiger partial charge in [-0.3, -0.25) is 9.59 Å². The number of anilines is 2. The molecule has 4 atom stereocenters. The van der Waals surface area contributed by atoms with Gasteiger partial charge in [0.25, 0.3) is 0 Å². The number of pyridine rings is 2. The van der Waals surface area contributed by atoms with Crippen molar-refractivity contribution in [1.29, 1.82) is 10.5 Å². The third kappa shape index (κ3) is 17.1. The summed E-state index contributed by atoms with van der Waals surface area (Å²) >= 11 is 0. The average molecular weight is 936 g/mol. The van der Waals surface area contributed by atoms with Crippen molar-refractivity contribution < 1.29 is 27.9 Å². The second-order valence-electron chi connectivity index (χ2n) is 16.7. The molecule has 2 saturated heterocycles. The van der Waals surface area contributed by atoms with Crippen LogP contribution in [0.3, 0.4) is 0 Å². The lowest BCUT2D eigenvalue weighted by atomic mass is 10.0. The second kappa shape index (κ2) is 26.0. The molecule has 4 heterocycles. The van der Waals surface area contributed by atoms with Crippen LogP contribution in [-0.2, 0) is 27.2 Å². The normalized spacial score (nSPS) is 16.2. The van der Waals surface area contributed by atoms with Gasteiger partial charge in [-0.05, 0) is 107 Å². The van der Waals surface area contributed by atoms with Gasteiger partial charge >= 0.3 is 6.09 Å². The molecule has 0 bridgehead atoms. The number of likely N-dealkylation sites (tertiary alicyclic amines) is 2. The molecule has 65 heavy (non-hydrogen) atoms. The summed E-state index contributed by atoms with van der Waals surface area (Å²) in [7, 11) is 0. The molecule has 3 amide bonds. The first-order chi connectivity index (χ1) is 30.2. The van der Waals surface area contributed by atoms with Gasteiger partial charge in [0.05, 0.1) is 11.1 Å². The lowest BCUT2D eigenvalue weighted by Crippen LogP contribution is -2.46. The highest BCUT2D eigenvalue weighted by atomic mass is 35.5. The molecule has 0 spiro atoms. The highest BCUT2D eigenvalue weighted by Crippen LogP contribution is 2.23. The number of hydrogen-bond acceptors (Lipinski definition) is 11. The number of carbonyl (C=O) groups excluding carboxylic acids is 3. The Morgan fingerprint density at radius 1 is 0.754 bits per heavy atom. The Hall–Kier alpha value is -6.07. The van der Waals surface area contributed by atoms with Gasteiger partial charge in [-0.25, -0.2) is 23.5 Å². The summed E-state index contributed by atoms with van der Waals surface area (Å²) in [6.45, 7) is 7.70. The van der Waals surface area contributed by atoms with Gasteiger partial charge in [0.15, 0.2) is 0 Å². The van der Waals surface area contributed by atoms with E-state index in [2.05, 4.69) is 25.9 Å². The Labute approximate surface area is 392 Å². The van der Waals surface area contributed by atoms with Crippen molar-refractivity contribution in [2.24, 2.45) is 5.73 Å². The largest absolute Gasteiger partial charge is 0.444 e. The third-order valence-electron chi connectivity index (χ3n) is 10.7. The van der Waals surface area contributed by atoms with E-state index in [-0.39, 0.29) is 79.6 Å². The molecular formula is C47H58Cl2F2N10O4. The van der Waals surface area contributed by atoms with Crippen molar-refractivity contribution in [3.05, 3.63) is 119 Å². The summed E-state index contributed by atoms with van der Waals surface area (Å²) in [5.74, 6) is 0.528. The highest BCUT2D eigenvalue weighted by Gasteiger charge is 2.32. The predicted octanol–water partition coefficient (Wildman–Crippen LogP) is 7.32. The van der Waals surface area contributed by atoms with Crippen LogP contribution in [0.1, 0.15) is 81.5 Å². The minimum atomic E-state index is -0.693. The molecule has 348 valence electrons. The van der Waals surface area contributed by atoms with Crippen molar-refractivity contribution in [1.82, 2.24) is 25.1 Å². The first-order valence-electron chi connectivity index (χ1n) is 21.2. The molecule has 4 aromatic rings. The van der Waals surface area contributed by atoms with Gasteiger partial charge in [-0.15, -0.1) is 24.8 Å². The maximum atomic E-state index is 14.3. The van der Waals surface area contributed by atoms with Crippen molar-refractivity contribution in [2.45, 2.75) is 102 Å². The van der Waals surface area contributed by atoms with E-state index >= 15 is 0 Å². The molecule has 0 radical (unpaired) electrons. The lowest BCUT2D eigenvalue weighted by molar-refractivity contribution is -0.133. The number of aromatic nitrogens is 2. The fourth-order valence-electron chi connectivity index (χ4n) is 7.59. The monoisotopic (exact) mass is 934 g/mol. The van der Waals surface area contributed by atoms with Crippen LogP contribution in [0, 0.1) is 34.3 Å². The fourth-order valence-corrected chi connectivity index (χ4v) is 7.59. The molecule has 0 aliphatic carbocycles. The lowest BCUT2D eigenvalue weighted by Gasteiger charge is -2.28. The molecule has 6 rings (SSSR count). The number of benzene rings is 2. The second-order valence-corrected chi connectivity index (χ2v) is 16.7. The van der Waals surface area contributed by atoms with Crippen LogP contribution in [0.2, 0.25) is 0 Å². The standard InChI is InChI=1S/C26H32FN5O3.C21H24FN5O.2ClH/c1-26(2,3)35-25(34)31-20(13-19-7-4-5-9-22(19)27)14-24(33)32-12-6-8-21(32)17-30-23-11-10-18(15-28)16-29-23;22-19-6-2-1-4-16(19)10-17(24)11-21(28)27-9-3-5-18(27)14-26-20-8-7-15(12-23)13-25-20;;/h4-5,7,9-11,16,20-21H,6,8,12-14,17H2,1-3H3,(H,29,30)(H,31,34);1-2,4,6-8,13,17-18H,3,5,9-11,14,24H2,(H,25,26);2*1H/t20-,21+;17-,18+;;/m11../s1. The van der Waals surface area contributed by atoms with E-state index in [1.54, 1.807) is 81.4 Å². The molecule has 2 aliphatic rings. The van der Waals surface area contributed by atoms with Gasteiger partial charge in [0.2, 0.25) is 11.8 Å². The number of amides is 3. The Kier molecular flexibility index (Phi) is 21.3. The number of carbonyl (C=O) groups is 3. The van der Waals surface area contributed by atoms with E-state index in [4.69, 9.17) is 21.0 Å². The molecule has 5 N–H and O–H groups in total. The van der Waals surface area contributed by atoms with Crippen LogP contribution in [0.15, 0.2) is 85.2 Å². The number of nitrogens with zero attached hydrogens (tertiary/aromatic N) is 6. The van der Waals surface area contributed by atoms with Gasteiger partial charge in [-0.2, -0.15) is 10.5 Å². The number of ether oxygens (including phenoxy) is 1. The number of alkyl carbamates (subject to hydrolysis) is 1. The number of halogens is 4. The quantitative estimate of drug-likeness (QED) is 0.0931. The first-order valence-corrected chi connectivity index (χ1v) is 21.2. The fraction of sp³-hybridized carbons (Fsp3) is 0.426. The van der Waals surface area contributed by atoms with Crippen molar-refractivity contribution in [2.75, 3.05) is 36.8 Å². The maximum Gasteiger partial charge on any atom is 0.407 e. The van der Waals surface area contributed by atoms with Gasteiger partial charge in [0, 0.05) is 75.6 Å². The molecule has 2 aliphatic heterocycles. The average Bonchev–Trinajstić information content (AvgIpc) is 3.94. The van der Waals surface area contributed by atoms with Crippen molar-refractivity contribution >= 4 is 54.4 Å². The van der Waals surface area contributed by atoms with E-state index in [1.165, 1.54) is 24.5 Å². The molecular weight excluding hydrogens is 877 g/mol. The topological polar surface area (TPSA) is 202 Å². The summed E-state index contributed by atoms with van der Waals surface area (Å²) in [6.07, 6.45) is 6.67. The highest BCUT2D eigenvalue weighted by molar-refractivity contribution is 5.85. The summed E-state index contributed by atoms with van der Waals surface area (Å²) in [5, 5.41) is 26.9. The van der Waals surface area contributed by atoms with Crippen LogP contribution in [0.5, 0.6) is 0 Å². The molecule has 18 heteroatoms. The van der Waals surface area contributed by atoms with E-state index in [0.29, 0.717) is 66.5 Å². The Balaban J connectivity index is 0.000000342. The van der Waals surface area contributed by atoms with Crippen LogP contribution in [0.4, 0.5) is 25.2 Å². The van der Waals surface area contributed by atoms with Crippen LogP contribution in [-0.4, -0.2) is 93.6 Å². The zero-order valence-electron chi connectivity index (χ0n) is 36.8. The molecule has 2 aromatic heterocycles. The van der Waals surface area contributed by atoms with Crippen LogP contribution >= 0.6 is 24.8 Å². The summed E-state index contributed by atoms with van der Waals surface area (Å²) in [6, 6.07) is 22.8. The van der Waals surface area contributed by atoms with Crippen LogP contribution in [0.25, 0.3) is 0 Å². The smallest absolute Gasteiger partial charge is 0.407 e. The van der Waals surface area contributed by atoms with E-state index in [9.17, 15) is 23.2 Å². The predicted molar refractivity (Wildman–Crippen MR) is 249 cm³/mol. The van der Waals surface area contributed by atoms with E-state index in [1.807, 2.05) is 21.9 Å². The van der Waals surface area contributed by atoms with Gasteiger partial charge in [-0.1, -0.05) is 36.4 Å². The first kappa shape index (κ1) is 53.3. The molecule has 2 aromatic carbocycles. The van der Waals surface area contributed by atoms with Crippen LogP contribution < -0.4 is 21.7 Å². The minimum Gasteiger partial charge on any atom is -0.444 e. The SMILES string of the molecule is CC(C)(C)OC(=O)N[C@@H](CC(=O)N1CCC[C@H]1CNc1ccc(C#N)cn1)Cc1ccccc1F.Cl.Cl.N#Cc1ccc(NC[C@@H]2CCCN2C(=O)C[C@H](N)Cc2ccccc2F)nc1. The molecule has 0 saturated carbocycles. The summed E-state index contributed by atoms with van der Waals surface area (Å²) in [5.41, 5.74) is 7.37. The number of nitrogens with two attached hydrogens (primary N) is 1. The summed E-state index contributed by atoms with van der Waals surface area (Å²) < 4.78 is 33.4. The Morgan fingerprint density at radius 3 is 1.65 bits per heavy atom. The van der Waals surface area contributed by atoms with E-state index < -0.39 is 23.8 Å². The number of rotatable bonds is 15. The zero-order chi connectivity index (χ0) is 45.4. The molecule has 14 nitrogen and oxygen atoms in total. The summed E-state index contributed by atoms with van der Waals surface area (Å²) in [4.78, 5) is 50.5.